The van der Waals surface area contributed by atoms with Gasteiger partial charge in [0.05, 0.1) is 17.4 Å². The molecule has 1 fully saturated rings. The molecule has 0 saturated heterocycles. The number of amides is 1. The van der Waals surface area contributed by atoms with Crippen LogP contribution in [0.25, 0.3) is 10.1 Å². The first-order chi connectivity index (χ1) is 11.3. The fourth-order valence-corrected chi connectivity index (χ4v) is 4.73. The monoisotopic (exact) mass is 320 g/mol. The molecule has 0 unspecified atom stereocenters. The summed E-state index contributed by atoms with van der Waals surface area (Å²) >= 11 is 1.76. The fraction of sp³-hybridized carbons (Fsp3) is 0.263. The number of fused-ring (bicyclic) bond motifs is 3. The molecule has 23 heavy (non-hydrogen) atoms. The lowest BCUT2D eigenvalue weighted by molar-refractivity contribution is 0.0983. The second-order valence-corrected chi connectivity index (χ2v) is 7.45. The molecule has 0 atom stereocenters. The van der Waals surface area contributed by atoms with Crippen LogP contribution in [0.1, 0.15) is 39.6 Å². The van der Waals surface area contributed by atoms with E-state index >= 15 is 0 Å². The highest BCUT2D eigenvalue weighted by Gasteiger charge is 2.33. The molecule has 0 N–H and O–H groups in total. The highest BCUT2D eigenvalue weighted by Crippen LogP contribution is 2.45. The molecule has 0 radical (unpaired) electrons. The normalized spacial score (nSPS) is 17.6. The minimum atomic E-state index is 0.138. The summed E-state index contributed by atoms with van der Waals surface area (Å²) in [6.07, 6.45) is 7.10. The average Bonchev–Trinajstić information content (AvgIpc) is 3.35. The van der Waals surface area contributed by atoms with Gasteiger partial charge in [-0.2, -0.15) is 0 Å². The Balaban J connectivity index is 1.64. The van der Waals surface area contributed by atoms with Crippen LogP contribution in [0.15, 0.2) is 42.7 Å². The van der Waals surface area contributed by atoms with Gasteiger partial charge in [0.2, 0.25) is 0 Å². The van der Waals surface area contributed by atoms with Crippen LogP contribution in [-0.4, -0.2) is 17.4 Å². The summed E-state index contributed by atoms with van der Waals surface area (Å²) in [6, 6.07) is 10.3. The lowest BCUT2D eigenvalue weighted by Crippen LogP contribution is -2.37. The zero-order chi connectivity index (χ0) is 15.4. The molecule has 3 aromatic rings. The summed E-state index contributed by atoms with van der Waals surface area (Å²) in [7, 11) is 0. The van der Waals surface area contributed by atoms with E-state index < -0.39 is 0 Å². The number of anilines is 1. The topological polar surface area (TPSA) is 33.2 Å². The van der Waals surface area contributed by atoms with Crippen molar-refractivity contribution in [2.75, 3.05) is 11.4 Å². The number of benzene rings is 1. The maximum absolute atomic E-state index is 13.2. The molecule has 0 spiro atoms. The molecule has 3 heterocycles. The average molecular weight is 320 g/mol. The van der Waals surface area contributed by atoms with Crippen LogP contribution < -0.4 is 4.90 Å². The first-order valence-corrected chi connectivity index (χ1v) is 8.91. The number of pyridine rings is 1. The molecular weight excluding hydrogens is 304 g/mol. The SMILES string of the molecule is O=C1c2c(sc3ccccc23)CCN1c1cnccc1C1CC1. The maximum atomic E-state index is 13.2. The summed E-state index contributed by atoms with van der Waals surface area (Å²) < 4.78 is 1.21. The van der Waals surface area contributed by atoms with E-state index in [4.69, 9.17) is 0 Å². The molecule has 0 bridgehead atoms. The van der Waals surface area contributed by atoms with E-state index in [2.05, 4.69) is 23.2 Å². The van der Waals surface area contributed by atoms with E-state index in [0.29, 0.717) is 5.92 Å². The van der Waals surface area contributed by atoms with Crippen LogP contribution in [0, 0.1) is 0 Å². The number of nitrogens with zero attached hydrogens (tertiary/aromatic N) is 2. The van der Waals surface area contributed by atoms with Gasteiger partial charge in [-0.05, 0) is 36.5 Å². The van der Waals surface area contributed by atoms with Gasteiger partial charge in [-0.1, -0.05) is 18.2 Å². The van der Waals surface area contributed by atoms with Crippen molar-refractivity contribution in [3.05, 3.63) is 58.7 Å². The number of thiophene rings is 1. The standard InChI is InChI=1S/C19H16N2OS/c22-19-18-14-3-1-2-4-16(14)23-17(18)8-10-21(19)15-11-20-9-7-13(15)12-5-6-12/h1-4,7,9,11-12H,5-6,8,10H2. The van der Waals surface area contributed by atoms with Crippen LogP contribution in [-0.2, 0) is 6.42 Å². The van der Waals surface area contributed by atoms with Crippen molar-refractivity contribution in [1.29, 1.82) is 0 Å². The quantitative estimate of drug-likeness (QED) is 0.702. The third-order valence-electron chi connectivity index (χ3n) is 4.83. The first-order valence-electron chi connectivity index (χ1n) is 8.09. The molecule has 2 aromatic heterocycles. The summed E-state index contributed by atoms with van der Waals surface area (Å²) in [5, 5.41) is 1.10. The molecule has 114 valence electrons. The van der Waals surface area contributed by atoms with Gasteiger partial charge in [-0.25, -0.2) is 0 Å². The summed E-state index contributed by atoms with van der Waals surface area (Å²) in [5.74, 6) is 0.750. The van der Waals surface area contributed by atoms with Gasteiger partial charge in [0.1, 0.15) is 0 Å². The first kappa shape index (κ1) is 13.3. The molecule has 1 aliphatic heterocycles. The second-order valence-electron chi connectivity index (χ2n) is 6.31. The Morgan fingerprint density at radius 1 is 1.17 bits per heavy atom. The minimum Gasteiger partial charge on any atom is -0.306 e. The summed E-state index contributed by atoms with van der Waals surface area (Å²) in [6.45, 7) is 0.754. The van der Waals surface area contributed by atoms with Crippen LogP contribution in [0.5, 0.6) is 0 Å². The van der Waals surface area contributed by atoms with Gasteiger partial charge in [0.15, 0.2) is 0 Å². The van der Waals surface area contributed by atoms with Crippen molar-refractivity contribution in [1.82, 2.24) is 4.98 Å². The Morgan fingerprint density at radius 2 is 2.04 bits per heavy atom. The van der Waals surface area contributed by atoms with Crippen LogP contribution >= 0.6 is 11.3 Å². The summed E-state index contributed by atoms with van der Waals surface area (Å²) in [5.41, 5.74) is 3.21. The summed E-state index contributed by atoms with van der Waals surface area (Å²) in [4.78, 5) is 20.6. The molecular formula is C19H16N2OS. The van der Waals surface area contributed by atoms with Crippen LogP contribution in [0.3, 0.4) is 0 Å². The predicted octanol–water partition coefficient (Wildman–Crippen LogP) is 4.38. The molecule has 4 heteroatoms. The molecule has 1 saturated carbocycles. The van der Waals surface area contributed by atoms with Crippen molar-refractivity contribution < 1.29 is 4.79 Å². The van der Waals surface area contributed by atoms with Crippen molar-refractivity contribution in [3.63, 3.8) is 0 Å². The predicted molar refractivity (Wildman–Crippen MR) is 93.4 cm³/mol. The fourth-order valence-electron chi connectivity index (χ4n) is 3.55. The van der Waals surface area contributed by atoms with Gasteiger partial charge in [0, 0.05) is 34.1 Å². The molecule has 3 nitrogen and oxygen atoms in total. The van der Waals surface area contributed by atoms with Gasteiger partial charge in [-0.3, -0.25) is 9.78 Å². The van der Waals surface area contributed by atoms with Gasteiger partial charge < -0.3 is 4.90 Å². The lowest BCUT2D eigenvalue weighted by Gasteiger charge is -2.28. The largest absolute Gasteiger partial charge is 0.306 e. The Labute approximate surface area is 138 Å². The van der Waals surface area contributed by atoms with Gasteiger partial charge in [-0.15, -0.1) is 11.3 Å². The van der Waals surface area contributed by atoms with Crippen LogP contribution in [0.4, 0.5) is 5.69 Å². The molecule has 2 aliphatic rings. The van der Waals surface area contributed by atoms with E-state index in [1.54, 1.807) is 11.3 Å². The van der Waals surface area contributed by atoms with E-state index in [1.807, 2.05) is 29.4 Å². The Hall–Kier alpha value is -2.20. The third kappa shape index (κ3) is 2.01. The highest BCUT2D eigenvalue weighted by atomic mass is 32.1. The highest BCUT2D eigenvalue weighted by molar-refractivity contribution is 7.19. The smallest absolute Gasteiger partial charge is 0.260 e. The Morgan fingerprint density at radius 3 is 2.91 bits per heavy atom. The Kier molecular flexibility index (Phi) is 2.82. The van der Waals surface area contributed by atoms with E-state index in [-0.39, 0.29) is 5.91 Å². The number of carbonyl (C=O) groups is 1. The van der Waals surface area contributed by atoms with Crippen LogP contribution in [0.2, 0.25) is 0 Å². The third-order valence-corrected chi connectivity index (χ3v) is 6.06. The number of hydrogen-bond donors (Lipinski definition) is 0. The number of rotatable bonds is 2. The molecule has 5 rings (SSSR count). The molecule has 1 aromatic carbocycles. The zero-order valence-electron chi connectivity index (χ0n) is 12.7. The van der Waals surface area contributed by atoms with Gasteiger partial charge in [0.25, 0.3) is 5.91 Å². The Bertz CT molecular complexity index is 926. The van der Waals surface area contributed by atoms with Gasteiger partial charge >= 0.3 is 0 Å². The molecule has 1 aliphatic carbocycles. The van der Waals surface area contributed by atoms with Crippen molar-refractivity contribution in [2.24, 2.45) is 0 Å². The van der Waals surface area contributed by atoms with Crippen molar-refractivity contribution >= 4 is 33.0 Å². The molecule has 1 amide bonds. The van der Waals surface area contributed by atoms with E-state index in [0.717, 1.165) is 29.6 Å². The lowest BCUT2D eigenvalue weighted by atomic mass is 10.0. The maximum Gasteiger partial charge on any atom is 0.260 e. The van der Waals surface area contributed by atoms with E-state index in [9.17, 15) is 4.79 Å². The number of hydrogen-bond acceptors (Lipinski definition) is 3. The van der Waals surface area contributed by atoms with Crippen molar-refractivity contribution in [2.45, 2.75) is 25.2 Å². The van der Waals surface area contributed by atoms with E-state index in [1.165, 1.54) is 28.0 Å². The number of aromatic nitrogens is 1. The zero-order valence-corrected chi connectivity index (χ0v) is 13.5. The minimum absolute atomic E-state index is 0.138. The van der Waals surface area contributed by atoms with Crippen molar-refractivity contribution in [3.8, 4) is 0 Å². The second kappa shape index (κ2) is 4.90. The number of carbonyl (C=O) groups excluding carboxylic acids is 1.